The van der Waals surface area contributed by atoms with E-state index < -0.39 is 40.3 Å². The van der Waals surface area contributed by atoms with Crippen LogP contribution in [0.25, 0.3) is 34.1 Å². The van der Waals surface area contributed by atoms with Crippen molar-refractivity contribution < 1.29 is 35.2 Å². The van der Waals surface area contributed by atoms with Crippen molar-refractivity contribution in [3.63, 3.8) is 0 Å². The second-order valence-corrected chi connectivity index (χ2v) is 8.05. The van der Waals surface area contributed by atoms with E-state index in [1.807, 2.05) is 0 Å². The molecule has 0 radical (unpaired) electrons. The van der Waals surface area contributed by atoms with Crippen LogP contribution in [0.3, 0.4) is 0 Å². The van der Waals surface area contributed by atoms with Gasteiger partial charge in [0.15, 0.2) is 0 Å². The molecule has 10 heteroatoms. The van der Waals surface area contributed by atoms with E-state index in [4.69, 9.17) is 8.83 Å². The molecule has 4 aromatic rings. The van der Waals surface area contributed by atoms with E-state index in [0.717, 1.165) is 0 Å². The van der Waals surface area contributed by atoms with Crippen molar-refractivity contribution in [2.75, 3.05) is 0 Å². The molecule has 2 heterocycles. The van der Waals surface area contributed by atoms with Gasteiger partial charge in [-0.1, -0.05) is 36.4 Å². The Bertz CT molecular complexity index is 1330. The summed E-state index contributed by atoms with van der Waals surface area (Å²) in [5.74, 6) is -17.3. The Kier molecular flexibility index (Phi) is 4.98. The van der Waals surface area contributed by atoms with Gasteiger partial charge in [-0.2, -0.15) is 26.3 Å². The van der Waals surface area contributed by atoms with Crippen LogP contribution in [0.15, 0.2) is 69.5 Å². The Hall–Kier alpha value is -3.82. The minimum atomic E-state index is -5.75. The lowest BCUT2D eigenvalue weighted by atomic mass is 10.0. The summed E-state index contributed by atoms with van der Waals surface area (Å²) in [6.45, 7) is 2.38. The van der Waals surface area contributed by atoms with E-state index in [-0.39, 0.29) is 23.3 Å². The highest BCUT2D eigenvalue weighted by Gasteiger charge is 2.81. The summed E-state index contributed by atoms with van der Waals surface area (Å²) < 4.78 is 101. The Morgan fingerprint density at radius 3 is 1.26 bits per heavy atom. The zero-order valence-corrected chi connectivity index (χ0v) is 18.3. The molecule has 0 spiro atoms. The summed E-state index contributed by atoms with van der Waals surface area (Å²) >= 11 is 0. The Labute approximate surface area is 194 Å². The molecule has 180 valence electrons. The predicted octanol–water partition coefficient (Wildman–Crippen LogP) is 7.44. The number of alkyl halides is 6. The van der Waals surface area contributed by atoms with Crippen molar-refractivity contribution in [3.8, 4) is 22.9 Å². The minimum absolute atomic E-state index is 0.180. The van der Waals surface area contributed by atoms with Crippen LogP contribution in [0.4, 0.5) is 26.3 Å². The highest BCUT2D eigenvalue weighted by Crippen LogP contribution is 2.65. The number of hydrogen-bond donors (Lipinski definition) is 0. The van der Waals surface area contributed by atoms with Gasteiger partial charge in [-0.3, -0.25) is 0 Å². The summed E-state index contributed by atoms with van der Waals surface area (Å²) in [7, 11) is 0. The maximum Gasteiger partial charge on any atom is 0.380 e. The molecule has 0 aliphatic heterocycles. The molecule has 0 amide bonds. The highest BCUT2D eigenvalue weighted by molar-refractivity contribution is 6.00. The first kappa shape index (κ1) is 22.9. The lowest BCUT2D eigenvalue weighted by molar-refractivity contribution is -0.254. The Balaban J connectivity index is 1.78. The molecule has 0 fully saturated rings. The molecule has 5 rings (SSSR count). The first-order valence-corrected chi connectivity index (χ1v) is 10.4. The fourth-order valence-electron chi connectivity index (χ4n) is 4.02. The van der Waals surface area contributed by atoms with E-state index in [0.29, 0.717) is 11.1 Å². The normalized spacial score (nSPS) is 18.3. The van der Waals surface area contributed by atoms with Crippen LogP contribution in [0.2, 0.25) is 0 Å². The maximum atomic E-state index is 15.1. The second kappa shape index (κ2) is 7.59. The number of aryl methyl sites for hydroxylation is 2. The van der Waals surface area contributed by atoms with Gasteiger partial charge in [-0.05, 0) is 38.1 Å². The molecular formula is C25H16F6N2O2. The largest absolute Gasteiger partial charge is 0.441 e. The molecule has 2 aromatic carbocycles. The van der Waals surface area contributed by atoms with Gasteiger partial charge >= 0.3 is 17.8 Å². The smallest absolute Gasteiger partial charge is 0.380 e. The van der Waals surface area contributed by atoms with Crippen molar-refractivity contribution >= 4 is 11.1 Å². The molecule has 0 bridgehead atoms. The molecule has 1 aliphatic carbocycles. The summed E-state index contributed by atoms with van der Waals surface area (Å²) in [4.78, 5) is 7.86. The summed E-state index contributed by atoms with van der Waals surface area (Å²) in [6.07, 6.45) is 0. The average Bonchev–Trinajstić information content (AvgIpc) is 3.42. The first-order chi connectivity index (χ1) is 16.5. The topological polar surface area (TPSA) is 52.1 Å². The van der Waals surface area contributed by atoms with Gasteiger partial charge in [0.2, 0.25) is 11.8 Å². The fourth-order valence-corrected chi connectivity index (χ4v) is 4.02. The fraction of sp³-hybridized carbons (Fsp3) is 0.200. The first-order valence-electron chi connectivity index (χ1n) is 10.4. The number of hydrogen-bond acceptors (Lipinski definition) is 4. The molecule has 1 aliphatic rings. The minimum Gasteiger partial charge on any atom is -0.441 e. The highest BCUT2D eigenvalue weighted by atomic mass is 19.3. The van der Waals surface area contributed by atoms with Crippen molar-refractivity contribution in [2.24, 2.45) is 0 Å². The SMILES string of the molecule is Cc1oc(-c2ccccc2)nc1C1=C(c2nc(-c3ccccc3)oc2C)C(F)(F)C(F)(F)C1(F)F. The van der Waals surface area contributed by atoms with Crippen LogP contribution in [0, 0.1) is 13.8 Å². The average molecular weight is 490 g/mol. The number of oxazole rings is 2. The van der Waals surface area contributed by atoms with Gasteiger partial charge in [0.05, 0.1) is 11.1 Å². The number of rotatable bonds is 4. The molecule has 2 aromatic heterocycles. The number of aromatic nitrogens is 2. The van der Waals surface area contributed by atoms with Gasteiger partial charge in [0.25, 0.3) is 0 Å². The van der Waals surface area contributed by atoms with Gasteiger partial charge in [0, 0.05) is 11.1 Å². The lowest BCUT2D eigenvalue weighted by Gasteiger charge is -2.25. The Morgan fingerprint density at radius 1 is 0.571 bits per heavy atom. The van der Waals surface area contributed by atoms with Crippen LogP contribution < -0.4 is 0 Å². The van der Waals surface area contributed by atoms with E-state index >= 15 is 17.6 Å². The third-order valence-corrected chi connectivity index (χ3v) is 5.77. The van der Waals surface area contributed by atoms with E-state index in [1.54, 1.807) is 60.7 Å². The predicted molar refractivity (Wildman–Crippen MR) is 115 cm³/mol. The van der Waals surface area contributed by atoms with Gasteiger partial charge < -0.3 is 8.83 Å². The van der Waals surface area contributed by atoms with Gasteiger partial charge in [-0.25, -0.2) is 9.97 Å². The monoisotopic (exact) mass is 490 g/mol. The standard InChI is InChI=1S/C25H16F6N2O2/c1-13-19(32-21(34-13)15-9-5-3-6-10-15)17-18(24(28,29)25(30,31)23(17,26)27)20-14(2)35-22(33-20)16-11-7-4-8-12-16/h3-12H,1-2H3. The molecule has 35 heavy (non-hydrogen) atoms. The van der Waals surface area contributed by atoms with Crippen LogP contribution in [-0.4, -0.2) is 27.7 Å². The third-order valence-electron chi connectivity index (χ3n) is 5.77. The van der Waals surface area contributed by atoms with E-state index in [2.05, 4.69) is 9.97 Å². The number of nitrogens with zero attached hydrogens (tertiary/aromatic N) is 2. The second-order valence-electron chi connectivity index (χ2n) is 8.05. The summed E-state index contributed by atoms with van der Waals surface area (Å²) in [6, 6.07) is 16.1. The summed E-state index contributed by atoms with van der Waals surface area (Å²) in [5.41, 5.74) is -4.19. The maximum absolute atomic E-state index is 15.1. The molecule has 4 nitrogen and oxygen atoms in total. The van der Waals surface area contributed by atoms with Gasteiger partial charge in [0.1, 0.15) is 22.9 Å². The molecule has 0 N–H and O–H groups in total. The molecule has 0 saturated carbocycles. The van der Waals surface area contributed by atoms with Crippen LogP contribution >= 0.6 is 0 Å². The zero-order chi connectivity index (χ0) is 25.2. The third kappa shape index (κ3) is 3.23. The lowest BCUT2D eigenvalue weighted by Crippen LogP contribution is -2.49. The quantitative estimate of drug-likeness (QED) is 0.279. The van der Waals surface area contributed by atoms with Gasteiger partial charge in [-0.15, -0.1) is 0 Å². The van der Waals surface area contributed by atoms with Crippen molar-refractivity contribution in [3.05, 3.63) is 83.6 Å². The number of benzene rings is 2. The van der Waals surface area contributed by atoms with Crippen molar-refractivity contribution in [1.29, 1.82) is 0 Å². The van der Waals surface area contributed by atoms with Crippen molar-refractivity contribution in [1.82, 2.24) is 9.97 Å². The molecule has 0 unspecified atom stereocenters. The number of allylic oxidation sites excluding steroid dienone is 2. The van der Waals surface area contributed by atoms with Crippen molar-refractivity contribution in [2.45, 2.75) is 31.6 Å². The molecule has 0 saturated heterocycles. The summed E-state index contributed by atoms with van der Waals surface area (Å²) in [5, 5.41) is 0. The Morgan fingerprint density at radius 2 is 0.914 bits per heavy atom. The van der Waals surface area contributed by atoms with Crippen LogP contribution in [-0.2, 0) is 0 Å². The molecule has 0 atom stereocenters. The van der Waals surface area contributed by atoms with E-state index in [1.165, 1.54) is 13.8 Å². The van der Waals surface area contributed by atoms with Crippen LogP contribution in [0.1, 0.15) is 22.9 Å². The van der Waals surface area contributed by atoms with E-state index in [9.17, 15) is 8.78 Å². The number of halogens is 6. The zero-order valence-electron chi connectivity index (χ0n) is 18.3. The van der Waals surface area contributed by atoms with Crippen LogP contribution in [0.5, 0.6) is 0 Å². The molecular weight excluding hydrogens is 474 g/mol.